The summed E-state index contributed by atoms with van der Waals surface area (Å²) in [6.07, 6.45) is 0.860. The Balaban J connectivity index is 2.03. The average Bonchev–Trinajstić information content (AvgIpc) is 2.95. The van der Waals surface area contributed by atoms with E-state index < -0.39 is 0 Å². The number of thiophene rings is 1. The predicted molar refractivity (Wildman–Crippen MR) is 70.9 cm³/mol. The largest absolute Gasteiger partial charge is 0.337 e. The van der Waals surface area contributed by atoms with Gasteiger partial charge in [-0.25, -0.2) is 0 Å². The van der Waals surface area contributed by atoms with Gasteiger partial charge in [-0.1, -0.05) is 6.07 Å². The Labute approximate surface area is 109 Å². The molecule has 0 radical (unpaired) electrons. The molecule has 0 N–H and O–H groups in total. The minimum atomic E-state index is 0.0799. The average molecular weight is 257 g/mol. The molecule has 1 amide bonds. The summed E-state index contributed by atoms with van der Waals surface area (Å²) in [5.41, 5.74) is 2.91. The van der Waals surface area contributed by atoms with Crippen LogP contribution in [0, 0.1) is 0 Å². The number of nitrogens with zero attached hydrogens (tertiary/aromatic N) is 1. The Hall–Kier alpha value is -1.94. The molecule has 2 heterocycles. The van der Waals surface area contributed by atoms with Gasteiger partial charge in [-0.05, 0) is 35.4 Å². The molecule has 1 aliphatic heterocycles. The second-order valence-corrected chi connectivity index (χ2v) is 5.47. The first-order valence-electron chi connectivity index (χ1n) is 5.63. The molecule has 1 aliphatic rings. The van der Waals surface area contributed by atoms with Crippen molar-refractivity contribution in [3.8, 4) is 10.4 Å². The second-order valence-electron chi connectivity index (χ2n) is 4.35. The van der Waals surface area contributed by atoms with Crippen LogP contribution in [0.15, 0.2) is 30.3 Å². The number of benzene rings is 1. The van der Waals surface area contributed by atoms with E-state index >= 15 is 0 Å². The van der Waals surface area contributed by atoms with Crippen LogP contribution in [0.1, 0.15) is 25.6 Å². The zero-order valence-corrected chi connectivity index (χ0v) is 10.7. The van der Waals surface area contributed by atoms with Crippen molar-refractivity contribution in [2.75, 3.05) is 7.05 Å². The monoisotopic (exact) mass is 257 g/mol. The van der Waals surface area contributed by atoms with E-state index in [1.165, 1.54) is 11.3 Å². The summed E-state index contributed by atoms with van der Waals surface area (Å²) >= 11 is 1.47. The van der Waals surface area contributed by atoms with Crippen molar-refractivity contribution in [2.24, 2.45) is 0 Å². The van der Waals surface area contributed by atoms with Crippen molar-refractivity contribution in [3.63, 3.8) is 0 Å². The summed E-state index contributed by atoms with van der Waals surface area (Å²) in [7, 11) is 1.80. The van der Waals surface area contributed by atoms with Crippen LogP contribution in [-0.2, 0) is 6.54 Å². The number of hydrogen-bond donors (Lipinski definition) is 0. The fourth-order valence-corrected chi connectivity index (χ4v) is 3.01. The summed E-state index contributed by atoms with van der Waals surface area (Å²) in [5, 5.41) is 0. The molecule has 0 spiro atoms. The van der Waals surface area contributed by atoms with Gasteiger partial charge in [-0.2, -0.15) is 0 Å². The highest BCUT2D eigenvalue weighted by Gasteiger charge is 2.24. The Kier molecular flexibility index (Phi) is 2.52. The molecule has 0 saturated heterocycles. The van der Waals surface area contributed by atoms with Crippen molar-refractivity contribution >= 4 is 23.5 Å². The molecule has 2 aromatic rings. The molecule has 18 heavy (non-hydrogen) atoms. The second kappa shape index (κ2) is 4.07. The third-order valence-electron chi connectivity index (χ3n) is 3.12. The first-order chi connectivity index (χ1) is 8.69. The van der Waals surface area contributed by atoms with Crippen LogP contribution >= 0.6 is 11.3 Å². The smallest absolute Gasteiger partial charge is 0.254 e. The van der Waals surface area contributed by atoms with Gasteiger partial charge < -0.3 is 4.90 Å². The van der Waals surface area contributed by atoms with Gasteiger partial charge in [0.25, 0.3) is 5.91 Å². The summed E-state index contributed by atoms with van der Waals surface area (Å²) in [6.45, 7) is 0.661. The van der Waals surface area contributed by atoms with Crippen molar-refractivity contribution in [3.05, 3.63) is 46.3 Å². The molecule has 0 aliphatic carbocycles. The molecule has 0 saturated carbocycles. The fraction of sp³-hybridized carbons (Fsp3) is 0.143. The normalized spacial score (nSPS) is 13.8. The Morgan fingerprint density at radius 1 is 1.28 bits per heavy atom. The number of carbonyl (C=O) groups excluding carboxylic acids is 2. The molecule has 3 nitrogen and oxygen atoms in total. The van der Waals surface area contributed by atoms with Gasteiger partial charge in [0.2, 0.25) is 0 Å². The van der Waals surface area contributed by atoms with E-state index in [-0.39, 0.29) is 5.91 Å². The number of hydrogen-bond acceptors (Lipinski definition) is 3. The van der Waals surface area contributed by atoms with Crippen molar-refractivity contribution in [1.82, 2.24) is 4.90 Å². The lowest BCUT2D eigenvalue weighted by molar-refractivity contribution is 0.0816. The van der Waals surface area contributed by atoms with Crippen molar-refractivity contribution < 1.29 is 9.59 Å². The van der Waals surface area contributed by atoms with Gasteiger partial charge >= 0.3 is 0 Å². The first-order valence-corrected chi connectivity index (χ1v) is 6.44. The van der Waals surface area contributed by atoms with Crippen LogP contribution in [0.4, 0.5) is 0 Å². The van der Waals surface area contributed by atoms with Crippen LogP contribution in [0.2, 0.25) is 0 Å². The standard InChI is InChI=1S/C14H11NO2S/c1-15-7-10-6-9(2-4-12(10)14(15)17)13-5-3-11(8-16)18-13/h2-6,8H,7H2,1H3. The van der Waals surface area contributed by atoms with E-state index in [4.69, 9.17) is 0 Å². The fourth-order valence-electron chi connectivity index (χ4n) is 2.19. The van der Waals surface area contributed by atoms with Crippen LogP contribution in [0.25, 0.3) is 10.4 Å². The highest BCUT2D eigenvalue weighted by atomic mass is 32.1. The molecule has 0 unspecified atom stereocenters. The topological polar surface area (TPSA) is 37.4 Å². The lowest BCUT2D eigenvalue weighted by Crippen LogP contribution is -2.17. The first kappa shape index (κ1) is 11.2. The zero-order valence-electron chi connectivity index (χ0n) is 9.84. The van der Waals surface area contributed by atoms with E-state index in [1.54, 1.807) is 11.9 Å². The van der Waals surface area contributed by atoms with Crippen LogP contribution in [0.3, 0.4) is 0 Å². The van der Waals surface area contributed by atoms with Crippen LogP contribution in [0.5, 0.6) is 0 Å². The molecule has 4 heteroatoms. The third-order valence-corrected chi connectivity index (χ3v) is 4.18. The highest BCUT2D eigenvalue weighted by Crippen LogP contribution is 2.31. The maximum absolute atomic E-state index is 11.8. The number of aldehydes is 1. The van der Waals surface area contributed by atoms with E-state index in [0.29, 0.717) is 6.54 Å². The molecule has 1 aromatic carbocycles. The number of rotatable bonds is 2. The van der Waals surface area contributed by atoms with E-state index in [1.807, 2.05) is 30.3 Å². The van der Waals surface area contributed by atoms with Crippen molar-refractivity contribution in [2.45, 2.75) is 6.54 Å². The predicted octanol–water partition coefficient (Wildman–Crippen LogP) is 2.81. The molecule has 90 valence electrons. The maximum Gasteiger partial charge on any atom is 0.254 e. The van der Waals surface area contributed by atoms with E-state index in [2.05, 4.69) is 0 Å². The molecule has 1 aromatic heterocycles. The van der Waals surface area contributed by atoms with Gasteiger partial charge in [0, 0.05) is 24.0 Å². The number of fused-ring (bicyclic) bond motifs is 1. The summed E-state index contributed by atoms with van der Waals surface area (Å²) in [6, 6.07) is 9.61. The maximum atomic E-state index is 11.8. The van der Waals surface area contributed by atoms with Gasteiger partial charge in [0.1, 0.15) is 0 Å². The summed E-state index contributed by atoms with van der Waals surface area (Å²) in [4.78, 5) is 25.9. The quantitative estimate of drug-likeness (QED) is 0.776. The van der Waals surface area contributed by atoms with E-state index in [0.717, 1.165) is 32.7 Å². The number of carbonyl (C=O) groups is 2. The van der Waals surface area contributed by atoms with Gasteiger partial charge in [-0.15, -0.1) is 11.3 Å². The molecule has 0 fully saturated rings. The molecule has 3 rings (SSSR count). The Bertz CT molecular complexity index is 645. The molecule has 0 bridgehead atoms. The summed E-state index contributed by atoms with van der Waals surface area (Å²) in [5.74, 6) is 0.0799. The van der Waals surface area contributed by atoms with Crippen LogP contribution in [-0.4, -0.2) is 24.1 Å². The molecular formula is C14H11NO2S. The van der Waals surface area contributed by atoms with Gasteiger partial charge in [0.05, 0.1) is 4.88 Å². The van der Waals surface area contributed by atoms with Crippen molar-refractivity contribution in [1.29, 1.82) is 0 Å². The SMILES string of the molecule is CN1Cc2cc(-c3ccc(C=O)s3)ccc2C1=O. The Morgan fingerprint density at radius 3 is 2.83 bits per heavy atom. The third kappa shape index (κ3) is 1.66. The highest BCUT2D eigenvalue weighted by molar-refractivity contribution is 7.17. The zero-order chi connectivity index (χ0) is 12.7. The van der Waals surface area contributed by atoms with Crippen LogP contribution < -0.4 is 0 Å². The minimum Gasteiger partial charge on any atom is -0.337 e. The number of amides is 1. The van der Waals surface area contributed by atoms with Gasteiger partial charge in [0.15, 0.2) is 6.29 Å². The lowest BCUT2D eigenvalue weighted by atomic mass is 10.1. The minimum absolute atomic E-state index is 0.0799. The Morgan fingerprint density at radius 2 is 2.11 bits per heavy atom. The molecular weight excluding hydrogens is 246 g/mol. The van der Waals surface area contributed by atoms with Gasteiger partial charge in [-0.3, -0.25) is 9.59 Å². The summed E-state index contributed by atoms with van der Waals surface area (Å²) < 4.78 is 0. The lowest BCUT2D eigenvalue weighted by Gasteiger charge is -2.04. The van der Waals surface area contributed by atoms with E-state index in [9.17, 15) is 9.59 Å². The molecule has 0 atom stereocenters.